The predicted octanol–water partition coefficient (Wildman–Crippen LogP) is 1.32. The molecule has 6 heteroatoms. The summed E-state index contributed by atoms with van der Waals surface area (Å²) in [6.07, 6.45) is 2.31. The number of hydrogen-bond acceptors (Lipinski definition) is 5. The Kier molecular flexibility index (Phi) is 2.92. The van der Waals surface area contributed by atoms with Crippen LogP contribution in [0.1, 0.15) is 41.9 Å². The molecule has 3 rings (SSSR count). The highest BCUT2D eigenvalue weighted by Gasteiger charge is 2.48. The number of carbonyl (C=O) groups excluding carboxylic acids is 1. The molecule has 2 aliphatic rings. The van der Waals surface area contributed by atoms with E-state index in [0.29, 0.717) is 31.4 Å². The average Bonchev–Trinajstić information content (AvgIpc) is 2.59. The molecule has 0 aliphatic carbocycles. The van der Waals surface area contributed by atoms with Crippen molar-refractivity contribution in [2.45, 2.75) is 43.1 Å². The smallest absolute Gasteiger partial charge is 0.186 e. The van der Waals surface area contributed by atoms with Crippen LogP contribution in [-0.4, -0.2) is 34.9 Å². The van der Waals surface area contributed by atoms with Crippen molar-refractivity contribution < 1.29 is 13.2 Å². The Morgan fingerprint density at radius 2 is 1.79 bits per heavy atom. The summed E-state index contributed by atoms with van der Waals surface area (Å²) in [5.41, 5.74) is 1.12. The van der Waals surface area contributed by atoms with Crippen molar-refractivity contribution in [2.75, 3.05) is 0 Å². The third kappa shape index (κ3) is 2.08. The molecule has 3 heterocycles. The SMILES string of the molecule is Cc1ccc(C(=O)C2CC3CCC(C2)S3(=O)=O)nn1. The number of sulfone groups is 1. The fourth-order valence-electron chi connectivity index (χ4n) is 3.16. The zero-order chi connectivity index (χ0) is 13.6. The normalized spacial score (nSPS) is 32.2. The van der Waals surface area contributed by atoms with Crippen LogP contribution in [0.4, 0.5) is 0 Å². The second-order valence-corrected chi connectivity index (χ2v) is 8.01. The van der Waals surface area contributed by atoms with E-state index in [1.165, 1.54) is 0 Å². The lowest BCUT2D eigenvalue weighted by Gasteiger charge is -2.26. The molecule has 0 aromatic carbocycles. The van der Waals surface area contributed by atoms with Gasteiger partial charge in [0.15, 0.2) is 15.6 Å². The van der Waals surface area contributed by atoms with Gasteiger partial charge in [0.2, 0.25) is 0 Å². The first-order valence-corrected chi connectivity index (χ1v) is 8.16. The van der Waals surface area contributed by atoms with Gasteiger partial charge < -0.3 is 0 Å². The monoisotopic (exact) mass is 280 g/mol. The number of rotatable bonds is 2. The molecule has 102 valence electrons. The Balaban J connectivity index is 1.82. The fraction of sp³-hybridized carbons (Fsp3) is 0.615. The van der Waals surface area contributed by atoms with E-state index >= 15 is 0 Å². The molecule has 1 aromatic rings. The van der Waals surface area contributed by atoms with Crippen LogP contribution < -0.4 is 0 Å². The lowest BCUT2D eigenvalue weighted by Crippen LogP contribution is -2.36. The van der Waals surface area contributed by atoms with Crippen molar-refractivity contribution in [1.82, 2.24) is 10.2 Å². The highest BCUT2D eigenvalue weighted by atomic mass is 32.2. The van der Waals surface area contributed by atoms with Crippen LogP contribution in [0.3, 0.4) is 0 Å². The van der Waals surface area contributed by atoms with Crippen LogP contribution >= 0.6 is 0 Å². The maximum Gasteiger partial charge on any atom is 0.186 e. The number of Topliss-reactive ketones (excluding diaryl/α,β-unsaturated/α-hetero) is 1. The summed E-state index contributed by atoms with van der Waals surface area (Å²) in [7, 11) is -2.97. The fourth-order valence-corrected chi connectivity index (χ4v) is 5.64. The third-order valence-corrected chi connectivity index (χ3v) is 6.97. The second-order valence-electron chi connectivity index (χ2n) is 5.50. The van der Waals surface area contributed by atoms with Crippen molar-refractivity contribution >= 4 is 15.6 Å². The first-order chi connectivity index (χ1) is 8.98. The van der Waals surface area contributed by atoms with Gasteiger partial charge in [-0.05, 0) is 44.7 Å². The molecule has 2 unspecified atom stereocenters. The molecule has 1 aromatic heterocycles. The number of nitrogens with zero attached hydrogens (tertiary/aromatic N) is 2. The van der Waals surface area contributed by atoms with E-state index in [1.54, 1.807) is 12.1 Å². The predicted molar refractivity (Wildman–Crippen MR) is 69.6 cm³/mol. The van der Waals surface area contributed by atoms with E-state index in [1.807, 2.05) is 6.92 Å². The molecule has 2 atom stereocenters. The summed E-state index contributed by atoms with van der Waals surface area (Å²) in [4.78, 5) is 12.3. The van der Waals surface area contributed by atoms with Crippen molar-refractivity contribution in [3.8, 4) is 0 Å². The highest BCUT2D eigenvalue weighted by molar-refractivity contribution is 7.93. The summed E-state index contributed by atoms with van der Waals surface area (Å²) < 4.78 is 24.0. The van der Waals surface area contributed by atoms with Gasteiger partial charge in [-0.1, -0.05) is 0 Å². The number of fused-ring (bicyclic) bond motifs is 2. The quantitative estimate of drug-likeness (QED) is 0.764. The topological polar surface area (TPSA) is 77.0 Å². The van der Waals surface area contributed by atoms with E-state index in [-0.39, 0.29) is 22.2 Å². The van der Waals surface area contributed by atoms with Crippen LogP contribution in [0.25, 0.3) is 0 Å². The first-order valence-electron chi connectivity index (χ1n) is 6.55. The van der Waals surface area contributed by atoms with Gasteiger partial charge in [-0.15, -0.1) is 5.10 Å². The Labute approximate surface area is 112 Å². The Morgan fingerprint density at radius 1 is 1.16 bits per heavy atom. The molecule has 0 amide bonds. The minimum Gasteiger partial charge on any atom is -0.292 e. The molecular formula is C13H16N2O3S. The number of ketones is 1. The van der Waals surface area contributed by atoms with Crippen molar-refractivity contribution in [3.63, 3.8) is 0 Å². The van der Waals surface area contributed by atoms with Crippen LogP contribution in [0.15, 0.2) is 12.1 Å². The van der Waals surface area contributed by atoms with Gasteiger partial charge in [0.05, 0.1) is 16.2 Å². The second kappa shape index (κ2) is 4.37. The maximum absolute atomic E-state index is 12.3. The molecule has 2 aliphatic heterocycles. The minimum absolute atomic E-state index is 0.0562. The van der Waals surface area contributed by atoms with E-state index in [9.17, 15) is 13.2 Å². The molecule has 0 radical (unpaired) electrons. The van der Waals surface area contributed by atoms with Gasteiger partial charge in [-0.3, -0.25) is 4.79 Å². The summed E-state index contributed by atoms with van der Waals surface area (Å²) >= 11 is 0. The molecule has 2 saturated heterocycles. The maximum atomic E-state index is 12.3. The molecular weight excluding hydrogens is 264 g/mol. The number of aryl methyl sites for hydroxylation is 1. The third-order valence-electron chi connectivity index (χ3n) is 4.26. The summed E-state index contributed by atoms with van der Waals surface area (Å²) in [5, 5.41) is 7.16. The average molecular weight is 280 g/mol. The van der Waals surface area contributed by atoms with Gasteiger partial charge in [-0.25, -0.2) is 8.42 Å². The van der Waals surface area contributed by atoms with E-state index < -0.39 is 9.84 Å². The van der Waals surface area contributed by atoms with E-state index in [0.717, 1.165) is 5.69 Å². The zero-order valence-corrected chi connectivity index (χ0v) is 11.6. The number of carbonyl (C=O) groups is 1. The minimum atomic E-state index is -2.97. The lowest BCUT2D eigenvalue weighted by molar-refractivity contribution is 0.0899. The van der Waals surface area contributed by atoms with Crippen LogP contribution in [0.2, 0.25) is 0 Å². The van der Waals surface area contributed by atoms with Gasteiger partial charge in [-0.2, -0.15) is 5.10 Å². The van der Waals surface area contributed by atoms with Gasteiger partial charge in [0.1, 0.15) is 5.69 Å². The van der Waals surface area contributed by atoms with Gasteiger partial charge in [0.25, 0.3) is 0 Å². The highest BCUT2D eigenvalue weighted by Crippen LogP contribution is 2.41. The summed E-state index contributed by atoms with van der Waals surface area (Å²) in [5.74, 6) is -0.266. The van der Waals surface area contributed by atoms with Crippen molar-refractivity contribution in [1.29, 1.82) is 0 Å². The van der Waals surface area contributed by atoms with Gasteiger partial charge >= 0.3 is 0 Å². The molecule has 0 N–H and O–H groups in total. The number of aromatic nitrogens is 2. The molecule has 2 fully saturated rings. The van der Waals surface area contributed by atoms with Crippen LogP contribution in [0, 0.1) is 12.8 Å². The molecule has 5 nitrogen and oxygen atoms in total. The molecule has 2 bridgehead atoms. The lowest BCUT2D eigenvalue weighted by atomic mass is 9.92. The largest absolute Gasteiger partial charge is 0.292 e. The summed E-state index contributed by atoms with van der Waals surface area (Å²) in [6, 6.07) is 3.43. The standard InChI is InChI=1S/C13H16N2O3S/c1-8-2-5-12(15-14-8)13(16)9-6-10-3-4-11(7-9)19(10,17)18/h2,5,9-11H,3-4,6-7H2,1H3. The van der Waals surface area contributed by atoms with E-state index in [2.05, 4.69) is 10.2 Å². The Morgan fingerprint density at radius 3 is 2.32 bits per heavy atom. The van der Waals surface area contributed by atoms with Gasteiger partial charge in [0, 0.05) is 5.92 Å². The molecule has 19 heavy (non-hydrogen) atoms. The first kappa shape index (κ1) is 12.7. The Hall–Kier alpha value is -1.30. The van der Waals surface area contributed by atoms with E-state index in [4.69, 9.17) is 0 Å². The number of hydrogen-bond donors (Lipinski definition) is 0. The summed E-state index contributed by atoms with van der Waals surface area (Å²) in [6.45, 7) is 1.81. The zero-order valence-electron chi connectivity index (χ0n) is 10.7. The molecule has 0 saturated carbocycles. The van der Waals surface area contributed by atoms with Crippen LogP contribution in [0.5, 0.6) is 0 Å². The Bertz CT molecular complexity index is 589. The molecule has 0 spiro atoms. The van der Waals surface area contributed by atoms with Crippen LogP contribution in [-0.2, 0) is 9.84 Å². The van der Waals surface area contributed by atoms with Crippen molar-refractivity contribution in [3.05, 3.63) is 23.5 Å². The van der Waals surface area contributed by atoms with Crippen molar-refractivity contribution in [2.24, 2.45) is 5.92 Å².